The van der Waals surface area contributed by atoms with Crippen LogP contribution in [0.25, 0.3) is 11.3 Å². The average Bonchev–Trinajstić information content (AvgIpc) is 2.99. The van der Waals surface area contributed by atoms with Crippen LogP contribution in [0.5, 0.6) is 0 Å². The summed E-state index contributed by atoms with van der Waals surface area (Å²) in [5, 5.41) is 11.7. The lowest BCUT2D eigenvalue weighted by molar-refractivity contribution is -0.166. The number of ether oxygens (including phenoxy) is 1. The van der Waals surface area contributed by atoms with Crippen LogP contribution in [0.2, 0.25) is 10.2 Å². The molecule has 2 aromatic rings. The second-order valence-electron chi connectivity index (χ2n) is 6.04. The monoisotopic (exact) mass is 412 g/mol. The molecule has 1 aromatic carbocycles. The third-order valence-electron chi connectivity index (χ3n) is 3.99. The minimum atomic E-state index is -1.28. The Bertz CT molecular complexity index is 954. The van der Waals surface area contributed by atoms with E-state index in [0.717, 1.165) is 6.07 Å². The number of benzene rings is 1. The van der Waals surface area contributed by atoms with Gasteiger partial charge in [-0.15, -0.1) is 10.2 Å². The van der Waals surface area contributed by atoms with Crippen molar-refractivity contribution < 1.29 is 18.8 Å². The van der Waals surface area contributed by atoms with Crippen molar-refractivity contribution >= 4 is 40.6 Å². The second kappa shape index (κ2) is 7.28. The number of hydrogen-bond donors (Lipinski definition) is 1. The molecule has 0 radical (unpaired) electrons. The minimum Gasteiger partial charge on any atom is -0.463 e. The van der Waals surface area contributed by atoms with Crippen LogP contribution in [0.4, 0.5) is 10.1 Å². The van der Waals surface area contributed by atoms with Gasteiger partial charge in [-0.3, -0.25) is 0 Å². The zero-order valence-electron chi connectivity index (χ0n) is 14.4. The maximum absolute atomic E-state index is 14.5. The Morgan fingerprint density at radius 1 is 1.33 bits per heavy atom. The van der Waals surface area contributed by atoms with Crippen LogP contribution in [-0.4, -0.2) is 34.1 Å². The van der Waals surface area contributed by atoms with E-state index in [0.29, 0.717) is 11.3 Å². The number of oxime groups is 1. The molecular formula is C17H15Cl2FN4O3. The number of rotatable bonds is 4. The maximum atomic E-state index is 14.5. The van der Waals surface area contributed by atoms with Gasteiger partial charge in [-0.25, -0.2) is 9.18 Å². The van der Waals surface area contributed by atoms with Crippen LogP contribution in [0, 0.1) is 5.82 Å². The number of carbonyl (C=O) groups excluding carboxylic acids is 1. The molecule has 27 heavy (non-hydrogen) atoms. The highest BCUT2D eigenvalue weighted by atomic mass is 35.5. The van der Waals surface area contributed by atoms with Gasteiger partial charge in [0.05, 0.1) is 23.0 Å². The van der Waals surface area contributed by atoms with Crippen molar-refractivity contribution in [3.8, 4) is 11.3 Å². The minimum absolute atomic E-state index is 0.0727. The maximum Gasteiger partial charge on any atom is 0.353 e. The normalized spacial score (nSPS) is 18.8. The molecule has 1 unspecified atom stereocenters. The zero-order valence-corrected chi connectivity index (χ0v) is 15.9. The van der Waals surface area contributed by atoms with Gasteiger partial charge in [0.25, 0.3) is 0 Å². The van der Waals surface area contributed by atoms with E-state index in [2.05, 4.69) is 15.4 Å². The number of carbonyl (C=O) groups is 1. The van der Waals surface area contributed by atoms with Crippen LogP contribution in [0.15, 0.2) is 23.4 Å². The Hall–Kier alpha value is -2.45. The predicted octanol–water partition coefficient (Wildman–Crippen LogP) is 3.62. The molecule has 1 aliphatic rings. The number of nitrogens with zero attached hydrogens (tertiary/aromatic N) is 3. The summed E-state index contributed by atoms with van der Waals surface area (Å²) in [6.07, 6.45) is 0.110. The van der Waals surface area contributed by atoms with Crippen molar-refractivity contribution in [1.29, 1.82) is 0 Å². The van der Waals surface area contributed by atoms with Gasteiger partial charge in [0, 0.05) is 23.6 Å². The van der Waals surface area contributed by atoms with E-state index in [-0.39, 0.29) is 40.1 Å². The molecule has 0 spiro atoms. The SMILES string of the molecule is CCOC(=O)C1(C)CC(c2cc(-c3nnc(Cl)cc3N)c(F)cc2Cl)=NO1. The van der Waals surface area contributed by atoms with Gasteiger partial charge < -0.3 is 15.3 Å². The second-order valence-corrected chi connectivity index (χ2v) is 6.83. The fourth-order valence-corrected chi connectivity index (χ4v) is 3.03. The van der Waals surface area contributed by atoms with Crippen LogP contribution >= 0.6 is 23.2 Å². The fourth-order valence-electron chi connectivity index (χ4n) is 2.62. The Kier molecular flexibility index (Phi) is 5.21. The molecule has 1 aliphatic heterocycles. The fraction of sp³-hybridized carbons (Fsp3) is 0.294. The summed E-state index contributed by atoms with van der Waals surface area (Å²) in [5.41, 5.74) is 5.70. The number of nitrogen functional groups attached to an aromatic ring is 1. The van der Waals surface area contributed by atoms with Gasteiger partial charge in [-0.05, 0) is 26.0 Å². The summed E-state index contributed by atoms with van der Waals surface area (Å²) in [4.78, 5) is 17.4. The Morgan fingerprint density at radius 3 is 2.74 bits per heavy atom. The first-order chi connectivity index (χ1) is 12.7. The van der Waals surface area contributed by atoms with E-state index < -0.39 is 17.4 Å². The first kappa shape index (κ1) is 19.3. The van der Waals surface area contributed by atoms with Crippen LogP contribution in [0.3, 0.4) is 0 Å². The molecule has 142 valence electrons. The van der Waals surface area contributed by atoms with E-state index in [1.54, 1.807) is 13.8 Å². The largest absolute Gasteiger partial charge is 0.463 e. The number of anilines is 1. The molecule has 2 N–H and O–H groups in total. The van der Waals surface area contributed by atoms with Gasteiger partial charge in [0.15, 0.2) is 5.15 Å². The Labute approximate surface area is 164 Å². The summed E-state index contributed by atoms with van der Waals surface area (Å²) < 4.78 is 19.5. The standard InChI is InChI=1S/C17H15Cl2FN4O3/c1-3-26-16(25)17(2)7-13(24-27-17)8-4-9(11(20)5-10(8)18)15-12(21)6-14(19)22-23-15/h4-6H,3,7H2,1-2H3,(H2,21,22). The van der Waals surface area contributed by atoms with E-state index in [9.17, 15) is 9.18 Å². The van der Waals surface area contributed by atoms with Crippen molar-refractivity contribution in [3.63, 3.8) is 0 Å². The highest BCUT2D eigenvalue weighted by Crippen LogP contribution is 2.35. The molecule has 0 fully saturated rings. The van der Waals surface area contributed by atoms with E-state index in [1.807, 2.05) is 0 Å². The van der Waals surface area contributed by atoms with E-state index >= 15 is 0 Å². The summed E-state index contributed by atoms with van der Waals surface area (Å²) in [6, 6.07) is 3.92. The van der Waals surface area contributed by atoms with Gasteiger partial charge in [0.1, 0.15) is 11.5 Å². The van der Waals surface area contributed by atoms with Crippen molar-refractivity contribution in [2.24, 2.45) is 5.16 Å². The Morgan fingerprint density at radius 2 is 2.07 bits per heavy atom. The van der Waals surface area contributed by atoms with E-state index in [1.165, 1.54) is 12.1 Å². The molecular weight excluding hydrogens is 398 g/mol. The van der Waals surface area contributed by atoms with E-state index in [4.69, 9.17) is 38.5 Å². The Balaban J connectivity index is 1.99. The molecule has 0 saturated heterocycles. The number of hydrogen-bond acceptors (Lipinski definition) is 7. The molecule has 1 atom stereocenters. The lowest BCUT2D eigenvalue weighted by Gasteiger charge is -2.18. The number of esters is 1. The molecule has 1 aromatic heterocycles. The number of nitrogens with two attached hydrogens (primary N) is 1. The smallest absolute Gasteiger partial charge is 0.353 e. The molecule has 3 rings (SSSR count). The lowest BCUT2D eigenvalue weighted by atomic mass is 9.94. The van der Waals surface area contributed by atoms with Gasteiger partial charge in [0.2, 0.25) is 5.60 Å². The van der Waals surface area contributed by atoms with Crippen molar-refractivity contribution in [2.45, 2.75) is 25.9 Å². The average molecular weight is 413 g/mol. The molecule has 10 heteroatoms. The van der Waals surface area contributed by atoms with Gasteiger partial charge in [-0.2, -0.15) is 0 Å². The number of halogens is 3. The molecule has 2 heterocycles. The van der Waals surface area contributed by atoms with Crippen LogP contribution in [0.1, 0.15) is 25.8 Å². The third-order valence-corrected chi connectivity index (χ3v) is 4.48. The zero-order chi connectivity index (χ0) is 19.8. The summed E-state index contributed by atoms with van der Waals surface area (Å²) in [6.45, 7) is 3.46. The molecule has 0 saturated carbocycles. The molecule has 0 amide bonds. The molecule has 0 aliphatic carbocycles. The topological polar surface area (TPSA) is 99.7 Å². The summed E-state index contributed by atoms with van der Waals surface area (Å²) >= 11 is 11.9. The molecule has 0 bridgehead atoms. The number of aromatic nitrogens is 2. The van der Waals surface area contributed by atoms with Crippen LogP contribution in [-0.2, 0) is 14.4 Å². The third kappa shape index (κ3) is 3.68. The first-order valence-corrected chi connectivity index (χ1v) is 8.71. The molecule has 7 nitrogen and oxygen atoms in total. The first-order valence-electron chi connectivity index (χ1n) is 7.96. The van der Waals surface area contributed by atoms with Gasteiger partial charge >= 0.3 is 5.97 Å². The van der Waals surface area contributed by atoms with Crippen molar-refractivity contribution in [2.75, 3.05) is 12.3 Å². The lowest BCUT2D eigenvalue weighted by Crippen LogP contribution is -2.37. The highest BCUT2D eigenvalue weighted by molar-refractivity contribution is 6.34. The highest BCUT2D eigenvalue weighted by Gasteiger charge is 2.44. The van der Waals surface area contributed by atoms with Crippen LogP contribution < -0.4 is 5.73 Å². The van der Waals surface area contributed by atoms with Gasteiger partial charge in [-0.1, -0.05) is 28.4 Å². The summed E-state index contributed by atoms with van der Waals surface area (Å²) in [7, 11) is 0. The summed E-state index contributed by atoms with van der Waals surface area (Å²) in [5.74, 6) is -1.19. The quantitative estimate of drug-likeness (QED) is 0.769. The van der Waals surface area contributed by atoms with Crippen molar-refractivity contribution in [3.05, 3.63) is 39.8 Å². The predicted molar refractivity (Wildman–Crippen MR) is 99.1 cm³/mol. The van der Waals surface area contributed by atoms with Crippen molar-refractivity contribution in [1.82, 2.24) is 10.2 Å².